The van der Waals surface area contributed by atoms with Gasteiger partial charge in [0.25, 0.3) is 0 Å². The number of amides is 1. The predicted octanol–water partition coefficient (Wildman–Crippen LogP) is 4.20. The molecule has 0 aliphatic heterocycles. The molecular formula is C16H15Cl2FN2O. The quantitative estimate of drug-likeness (QED) is 0.884. The van der Waals surface area contributed by atoms with Gasteiger partial charge >= 0.3 is 0 Å². The van der Waals surface area contributed by atoms with Crippen molar-refractivity contribution in [2.75, 3.05) is 18.9 Å². The molecule has 1 amide bonds. The molecule has 22 heavy (non-hydrogen) atoms. The summed E-state index contributed by atoms with van der Waals surface area (Å²) in [5.74, 6) is -0.463. The molecule has 2 rings (SSSR count). The zero-order valence-corrected chi connectivity index (χ0v) is 13.5. The van der Waals surface area contributed by atoms with Crippen molar-refractivity contribution in [3.8, 4) is 0 Å². The minimum Gasteiger partial charge on any atom is -0.324 e. The number of rotatable bonds is 5. The number of hydrogen-bond acceptors (Lipinski definition) is 2. The van der Waals surface area contributed by atoms with Crippen LogP contribution in [0.15, 0.2) is 42.5 Å². The van der Waals surface area contributed by atoms with Crippen molar-refractivity contribution >= 4 is 34.8 Å². The van der Waals surface area contributed by atoms with E-state index in [-0.39, 0.29) is 18.3 Å². The molecule has 2 aromatic carbocycles. The van der Waals surface area contributed by atoms with Crippen LogP contribution < -0.4 is 5.32 Å². The van der Waals surface area contributed by atoms with Gasteiger partial charge in [-0.1, -0.05) is 35.3 Å². The lowest BCUT2D eigenvalue weighted by atomic mass is 10.2. The number of anilines is 1. The van der Waals surface area contributed by atoms with E-state index in [1.807, 2.05) is 11.9 Å². The van der Waals surface area contributed by atoms with Gasteiger partial charge in [0.1, 0.15) is 5.82 Å². The highest BCUT2D eigenvalue weighted by Crippen LogP contribution is 2.25. The summed E-state index contributed by atoms with van der Waals surface area (Å²) in [6.07, 6.45) is 0. The maximum absolute atomic E-state index is 12.8. The zero-order chi connectivity index (χ0) is 16.1. The monoisotopic (exact) mass is 340 g/mol. The van der Waals surface area contributed by atoms with Gasteiger partial charge in [-0.25, -0.2) is 4.39 Å². The molecule has 3 nitrogen and oxygen atoms in total. The summed E-state index contributed by atoms with van der Waals surface area (Å²) < 4.78 is 12.8. The number of carbonyl (C=O) groups is 1. The highest BCUT2D eigenvalue weighted by molar-refractivity contribution is 6.36. The first-order valence-electron chi connectivity index (χ1n) is 6.62. The van der Waals surface area contributed by atoms with E-state index < -0.39 is 0 Å². The number of hydrogen-bond donors (Lipinski definition) is 1. The highest BCUT2D eigenvalue weighted by atomic mass is 35.5. The molecular weight excluding hydrogens is 326 g/mol. The van der Waals surface area contributed by atoms with Crippen LogP contribution >= 0.6 is 23.2 Å². The maximum atomic E-state index is 12.8. The lowest BCUT2D eigenvalue weighted by Gasteiger charge is -2.16. The third-order valence-corrected chi connectivity index (χ3v) is 3.53. The van der Waals surface area contributed by atoms with E-state index in [4.69, 9.17) is 23.2 Å². The van der Waals surface area contributed by atoms with Gasteiger partial charge in [-0.3, -0.25) is 9.69 Å². The summed E-state index contributed by atoms with van der Waals surface area (Å²) in [7, 11) is 1.81. The van der Waals surface area contributed by atoms with Crippen LogP contribution in [0.3, 0.4) is 0 Å². The Morgan fingerprint density at radius 3 is 2.50 bits per heavy atom. The van der Waals surface area contributed by atoms with Crippen LogP contribution in [0.2, 0.25) is 10.0 Å². The third-order valence-electron chi connectivity index (χ3n) is 2.98. The van der Waals surface area contributed by atoms with Gasteiger partial charge in [-0.2, -0.15) is 0 Å². The third kappa shape index (κ3) is 4.98. The second kappa shape index (κ2) is 7.58. The Labute approximate surface area is 138 Å². The molecule has 6 heteroatoms. The Morgan fingerprint density at radius 2 is 1.86 bits per heavy atom. The van der Waals surface area contributed by atoms with Crippen molar-refractivity contribution in [2.24, 2.45) is 0 Å². The van der Waals surface area contributed by atoms with E-state index in [0.717, 1.165) is 5.56 Å². The molecule has 0 aliphatic rings. The van der Waals surface area contributed by atoms with E-state index in [2.05, 4.69) is 5.32 Å². The van der Waals surface area contributed by atoms with Crippen LogP contribution in [-0.2, 0) is 11.3 Å². The first-order chi connectivity index (χ1) is 10.4. The normalized spacial score (nSPS) is 10.8. The van der Waals surface area contributed by atoms with Crippen molar-refractivity contribution in [1.82, 2.24) is 4.90 Å². The molecule has 1 N–H and O–H groups in total. The summed E-state index contributed by atoms with van der Waals surface area (Å²) in [5.41, 5.74) is 1.45. The molecule has 0 aliphatic carbocycles. The molecule has 116 valence electrons. The van der Waals surface area contributed by atoms with E-state index in [0.29, 0.717) is 22.3 Å². The first-order valence-corrected chi connectivity index (χ1v) is 7.37. The van der Waals surface area contributed by atoms with Gasteiger partial charge < -0.3 is 5.32 Å². The van der Waals surface area contributed by atoms with Crippen LogP contribution in [0.5, 0.6) is 0 Å². The second-order valence-corrected chi connectivity index (χ2v) is 5.81. The zero-order valence-electron chi connectivity index (χ0n) is 11.9. The van der Waals surface area contributed by atoms with E-state index in [9.17, 15) is 9.18 Å². The molecule has 0 radical (unpaired) electrons. The minimum atomic E-state index is -0.276. The van der Waals surface area contributed by atoms with E-state index in [1.165, 1.54) is 12.1 Å². The molecule has 0 bridgehead atoms. The molecule has 2 aromatic rings. The van der Waals surface area contributed by atoms with Crippen LogP contribution in [0.25, 0.3) is 0 Å². The molecule has 0 saturated heterocycles. The lowest BCUT2D eigenvalue weighted by molar-refractivity contribution is -0.117. The summed E-state index contributed by atoms with van der Waals surface area (Å²) in [6.45, 7) is 0.735. The standard InChI is InChI=1S/C16H15Cl2FN2O/c1-21(9-11-2-5-13(19)6-3-11)10-16(22)20-15-7-4-12(17)8-14(15)18/h2-8H,9-10H2,1H3,(H,20,22). The number of likely N-dealkylation sites (N-methyl/N-ethyl adjacent to an activating group) is 1. The minimum absolute atomic E-state index is 0.186. The number of nitrogens with one attached hydrogen (secondary N) is 1. The summed E-state index contributed by atoms with van der Waals surface area (Å²) in [4.78, 5) is 13.8. The van der Waals surface area contributed by atoms with Crippen molar-refractivity contribution in [3.05, 3.63) is 63.9 Å². The fourth-order valence-electron chi connectivity index (χ4n) is 1.98. The molecule has 0 atom stereocenters. The predicted molar refractivity (Wildman–Crippen MR) is 87.8 cm³/mol. The lowest BCUT2D eigenvalue weighted by Crippen LogP contribution is -2.29. The summed E-state index contributed by atoms with van der Waals surface area (Å²) in [6, 6.07) is 11.1. The van der Waals surface area contributed by atoms with Gasteiger partial charge in [0.2, 0.25) is 5.91 Å². The van der Waals surface area contributed by atoms with Crippen molar-refractivity contribution < 1.29 is 9.18 Å². The van der Waals surface area contributed by atoms with Crippen LogP contribution in [-0.4, -0.2) is 24.4 Å². The summed E-state index contributed by atoms with van der Waals surface area (Å²) in [5, 5.41) is 3.63. The SMILES string of the molecule is CN(CC(=O)Nc1ccc(Cl)cc1Cl)Cc1ccc(F)cc1. The summed E-state index contributed by atoms with van der Waals surface area (Å²) >= 11 is 11.8. The second-order valence-electron chi connectivity index (χ2n) is 4.97. The van der Waals surface area contributed by atoms with Gasteiger partial charge in [-0.15, -0.1) is 0 Å². The van der Waals surface area contributed by atoms with Gasteiger partial charge in [0, 0.05) is 11.6 Å². The Balaban J connectivity index is 1.89. The maximum Gasteiger partial charge on any atom is 0.238 e. The fourth-order valence-corrected chi connectivity index (χ4v) is 2.44. The Bertz CT molecular complexity index is 662. The average Bonchev–Trinajstić information content (AvgIpc) is 2.44. The Kier molecular flexibility index (Phi) is 5.77. The van der Waals surface area contributed by atoms with Crippen LogP contribution in [0, 0.1) is 5.82 Å². The van der Waals surface area contributed by atoms with Crippen molar-refractivity contribution in [2.45, 2.75) is 6.54 Å². The highest BCUT2D eigenvalue weighted by Gasteiger charge is 2.10. The Hall–Kier alpha value is -1.62. The number of nitrogens with zero attached hydrogens (tertiary/aromatic N) is 1. The number of benzene rings is 2. The van der Waals surface area contributed by atoms with Crippen molar-refractivity contribution in [3.63, 3.8) is 0 Å². The molecule has 0 saturated carbocycles. The first kappa shape index (κ1) is 16.7. The topological polar surface area (TPSA) is 32.3 Å². The van der Waals surface area contributed by atoms with Crippen LogP contribution in [0.1, 0.15) is 5.56 Å². The van der Waals surface area contributed by atoms with Crippen molar-refractivity contribution in [1.29, 1.82) is 0 Å². The average molecular weight is 341 g/mol. The van der Waals surface area contributed by atoms with Gasteiger partial charge in [-0.05, 0) is 42.9 Å². The molecule has 0 unspecified atom stereocenters. The smallest absolute Gasteiger partial charge is 0.238 e. The molecule has 0 aromatic heterocycles. The fraction of sp³-hybridized carbons (Fsp3) is 0.188. The molecule has 0 fully saturated rings. The van der Waals surface area contributed by atoms with Crippen LogP contribution in [0.4, 0.5) is 10.1 Å². The van der Waals surface area contributed by atoms with E-state index in [1.54, 1.807) is 30.3 Å². The number of halogens is 3. The molecule has 0 spiro atoms. The number of carbonyl (C=O) groups excluding carboxylic acids is 1. The Morgan fingerprint density at radius 1 is 1.18 bits per heavy atom. The largest absolute Gasteiger partial charge is 0.324 e. The van der Waals surface area contributed by atoms with Gasteiger partial charge in [0.05, 0.1) is 17.3 Å². The van der Waals surface area contributed by atoms with E-state index >= 15 is 0 Å². The molecule has 0 heterocycles. The van der Waals surface area contributed by atoms with Gasteiger partial charge in [0.15, 0.2) is 0 Å².